The van der Waals surface area contributed by atoms with E-state index in [4.69, 9.17) is 5.73 Å². The molecule has 0 atom stereocenters. The molecular formula is C15H23BrN2O2S. The molecule has 0 heterocycles. The Labute approximate surface area is 135 Å². The maximum Gasteiger partial charge on any atom is 0.241 e. The molecule has 0 radical (unpaired) electrons. The minimum absolute atomic E-state index is 0.0784. The van der Waals surface area contributed by atoms with Crippen molar-refractivity contribution in [3.05, 3.63) is 28.2 Å². The minimum Gasteiger partial charge on any atom is -0.326 e. The van der Waals surface area contributed by atoms with Gasteiger partial charge in [0, 0.05) is 17.6 Å². The second-order valence-electron chi connectivity index (χ2n) is 6.16. The van der Waals surface area contributed by atoms with Crippen molar-refractivity contribution in [3.63, 3.8) is 0 Å². The van der Waals surface area contributed by atoms with Crippen LogP contribution in [-0.4, -0.2) is 15.0 Å². The molecule has 2 rings (SSSR count). The number of hydrogen-bond acceptors (Lipinski definition) is 3. The number of nitrogens with one attached hydrogen (secondary N) is 1. The van der Waals surface area contributed by atoms with Crippen molar-refractivity contribution in [1.82, 2.24) is 4.72 Å². The molecule has 6 heteroatoms. The Morgan fingerprint density at radius 3 is 2.52 bits per heavy atom. The van der Waals surface area contributed by atoms with E-state index in [1.807, 2.05) is 0 Å². The van der Waals surface area contributed by atoms with Gasteiger partial charge in [-0.2, -0.15) is 0 Å². The van der Waals surface area contributed by atoms with E-state index in [0.29, 0.717) is 17.6 Å². The molecule has 3 N–H and O–H groups in total. The third kappa shape index (κ3) is 4.28. The first-order valence-corrected chi connectivity index (χ1v) is 9.62. The lowest BCUT2D eigenvalue weighted by molar-refractivity contribution is 0.219. The summed E-state index contributed by atoms with van der Waals surface area (Å²) in [5.74, 6) is 0. The molecule has 0 aliphatic heterocycles. The van der Waals surface area contributed by atoms with Gasteiger partial charge in [0.15, 0.2) is 0 Å². The first-order chi connectivity index (χ1) is 9.86. The maximum absolute atomic E-state index is 12.5. The fourth-order valence-electron chi connectivity index (χ4n) is 2.82. The van der Waals surface area contributed by atoms with E-state index in [1.54, 1.807) is 18.2 Å². The number of hydrogen-bond donors (Lipinski definition) is 2. The van der Waals surface area contributed by atoms with Crippen molar-refractivity contribution in [2.24, 2.45) is 11.1 Å². The molecule has 1 aromatic carbocycles. The third-order valence-corrected chi connectivity index (χ3v) is 6.65. The Kier molecular flexibility index (Phi) is 5.46. The van der Waals surface area contributed by atoms with Crippen LogP contribution in [-0.2, 0) is 16.6 Å². The molecule has 0 spiro atoms. The van der Waals surface area contributed by atoms with Gasteiger partial charge in [-0.25, -0.2) is 13.1 Å². The molecule has 1 fully saturated rings. The summed E-state index contributed by atoms with van der Waals surface area (Å²) in [5, 5.41) is 0. The van der Waals surface area contributed by atoms with Crippen molar-refractivity contribution in [1.29, 1.82) is 0 Å². The standard InChI is InChI=1S/C15H23BrN2O2S/c1-15(7-3-2-4-8-15)11-18-21(19,20)14-6-5-12(10-17)9-13(14)16/h5-6,9,18H,2-4,7-8,10-11,17H2,1H3. The molecule has 0 saturated heterocycles. The van der Waals surface area contributed by atoms with Crippen LogP contribution in [0.15, 0.2) is 27.6 Å². The smallest absolute Gasteiger partial charge is 0.241 e. The molecule has 1 saturated carbocycles. The zero-order valence-electron chi connectivity index (χ0n) is 12.4. The average molecular weight is 375 g/mol. The van der Waals surface area contributed by atoms with Crippen molar-refractivity contribution >= 4 is 26.0 Å². The van der Waals surface area contributed by atoms with Gasteiger partial charge in [0.25, 0.3) is 0 Å². The predicted octanol–water partition coefficient (Wildman–Crippen LogP) is 3.16. The van der Waals surface area contributed by atoms with Gasteiger partial charge in [0.1, 0.15) is 0 Å². The average Bonchev–Trinajstić information content (AvgIpc) is 2.46. The summed E-state index contributed by atoms with van der Waals surface area (Å²) in [6, 6.07) is 5.12. The topological polar surface area (TPSA) is 72.2 Å². The van der Waals surface area contributed by atoms with Crippen molar-refractivity contribution in [2.75, 3.05) is 6.54 Å². The highest BCUT2D eigenvalue weighted by Gasteiger charge is 2.29. The van der Waals surface area contributed by atoms with E-state index in [2.05, 4.69) is 27.6 Å². The van der Waals surface area contributed by atoms with Crippen LogP contribution >= 0.6 is 15.9 Å². The Balaban J connectivity index is 2.11. The molecule has 118 valence electrons. The quantitative estimate of drug-likeness (QED) is 0.831. The van der Waals surface area contributed by atoms with E-state index < -0.39 is 10.0 Å². The highest BCUT2D eigenvalue weighted by molar-refractivity contribution is 9.10. The van der Waals surface area contributed by atoms with Gasteiger partial charge in [-0.15, -0.1) is 0 Å². The van der Waals surface area contributed by atoms with Crippen LogP contribution in [0.3, 0.4) is 0 Å². The summed E-state index contributed by atoms with van der Waals surface area (Å²) in [7, 11) is -3.49. The molecular weight excluding hydrogens is 352 g/mol. The molecule has 21 heavy (non-hydrogen) atoms. The van der Waals surface area contributed by atoms with Gasteiger partial charge in [0.2, 0.25) is 10.0 Å². The first-order valence-electron chi connectivity index (χ1n) is 7.34. The number of sulfonamides is 1. The monoisotopic (exact) mass is 374 g/mol. The molecule has 0 aromatic heterocycles. The third-order valence-electron chi connectivity index (χ3n) is 4.27. The molecule has 1 aliphatic rings. The Morgan fingerprint density at radius 2 is 1.95 bits per heavy atom. The van der Waals surface area contributed by atoms with E-state index in [0.717, 1.165) is 18.4 Å². The van der Waals surface area contributed by atoms with E-state index in [1.165, 1.54) is 19.3 Å². The van der Waals surface area contributed by atoms with E-state index in [-0.39, 0.29) is 10.3 Å². The summed E-state index contributed by atoms with van der Waals surface area (Å²) >= 11 is 3.33. The van der Waals surface area contributed by atoms with Crippen LogP contribution in [0, 0.1) is 5.41 Å². The van der Waals surface area contributed by atoms with Gasteiger partial charge in [0.05, 0.1) is 4.90 Å². The predicted molar refractivity (Wildman–Crippen MR) is 88.4 cm³/mol. The van der Waals surface area contributed by atoms with Gasteiger partial charge in [-0.05, 0) is 51.9 Å². The second-order valence-corrected chi connectivity index (χ2v) is 8.75. The second kappa shape index (κ2) is 6.77. The van der Waals surface area contributed by atoms with Crippen molar-refractivity contribution in [2.45, 2.75) is 50.5 Å². The van der Waals surface area contributed by atoms with Gasteiger partial charge in [-0.1, -0.05) is 32.3 Å². The Bertz CT molecular complexity index is 596. The summed E-state index contributed by atoms with van der Waals surface area (Å²) in [6.07, 6.45) is 5.81. The highest BCUT2D eigenvalue weighted by atomic mass is 79.9. The Hall–Kier alpha value is -0.430. The largest absolute Gasteiger partial charge is 0.326 e. The lowest BCUT2D eigenvalue weighted by Gasteiger charge is -2.33. The maximum atomic E-state index is 12.5. The summed E-state index contributed by atoms with van der Waals surface area (Å²) < 4.78 is 28.3. The fourth-order valence-corrected chi connectivity index (χ4v) is 5.14. The van der Waals surface area contributed by atoms with Gasteiger partial charge >= 0.3 is 0 Å². The van der Waals surface area contributed by atoms with E-state index in [9.17, 15) is 8.42 Å². The minimum atomic E-state index is -3.49. The number of rotatable bonds is 5. The Morgan fingerprint density at radius 1 is 1.29 bits per heavy atom. The zero-order chi connectivity index (χ0) is 15.5. The normalized spacial score (nSPS) is 18.6. The molecule has 0 unspecified atom stereocenters. The van der Waals surface area contributed by atoms with Crippen LogP contribution in [0.25, 0.3) is 0 Å². The van der Waals surface area contributed by atoms with Crippen LogP contribution in [0.5, 0.6) is 0 Å². The molecule has 1 aromatic rings. The van der Waals surface area contributed by atoms with Crippen LogP contribution in [0.1, 0.15) is 44.6 Å². The zero-order valence-corrected chi connectivity index (χ0v) is 14.8. The fraction of sp³-hybridized carbons (Fsp3) is 0.600. The number of halogens is 1. The molecule has 0 amide bonds. The highest BCUT2D eigenvalue weighted by Crippen LogP contribution is 2.35. The van der Waals surface area contributed by atoms with Crippen molar-refractivity contribution in [3.8, 4) is 0 Å². The summed E-state index contributed by atoms with van der Waals surface area (Å²) in [5.41, 5.74) is 6.55. The molecule has 1 aliphatic carbocycles. The lowest BCUT2D eigenvalue weighted by Crippen LogP contribution is -2.37. The molecule has 0 bridgehead atoms. The first kappa shape index (κ1) is 16.9. The van der Waals surface area contributed by atoms with Crippen LogP contribution in [0.2, 0.25) is 0 Å². The van der Waals surface area contributed by atoms with Crippen LogP contribution < -0.4 is 10.5 Å². The van der Waals surface area contributed by atoms with Gasteiger partial charge < -0.3 is 5.73 Å². The van der Waals surface area contributed by atoms with E-state index >= 15 is 0 Å². The van der Waals surface area contributed by atoms with Gasteiger partial charge in [-0.3, -0.25) is 0 Å². The van der Waals surface area contributed by atoms with Crippen molar-refractivity contribution < 1.29 is 8.42 Å². The summed E-state index contributed by atoms with van der Waals surface area (Å²) in [4.78, 5) is 0.277. The SMILES string of the molecule is CC1(CNS(=O)(=O)c2ccc(CN)cc2Br)CCCCC1. The molecule has 4 nitrogen and oxygen atoms in total. The number of nitrogens with two attached hydrogens (primary N) is 1. The lowest BCUT2D eigenvalue weighted by atomic mass is 9.76. The van der Waals surface area contributed by atoms with Crippen LogP contribution in [0.4, 0.5) is 0 Å². The number of benzene rings is 1. The summed E-state index contributed by atoms with van der Waals surface area (Å²) in [6.45, 7) is 3.06.